The standard InChI is InChI=1S/C11H18N4O2/c1-9-3-2-4-10(7-9)5-6-14-8-12-11(13-14)15(16)17/h8-10H,2-7H2,1H3/t9-,10-/m0/s1. The molecule has 0 N–H and O–H groups in total. The van der Waals surface area contributed by atoms with Crippen LogP contribution < -0.4 is 0 Å². The molecule has 0 bridgehead atoms. The Kier molecular flexibility index (Phi) is 3.71. The molecule has 0 amide bonds. The summed E-state index contributed by atoms with van der Waals surface area (Å²) in [6, 6.07) is 0. The summed E-state index contributed by atoms with van der Waals surface area (Å²) in [5.41, 5.74) is 0. The maximum absolute atomic E-state index is 10.4. The highest BCUT2D eigenvalue weighted by Gasteiger charge is 2.20. The minimum absolute atomic E-state index is 0.304. The van der Waals surface area contributed by atoms with Gasteiger partial charge in [0, 0.05) is 5.10 Å². The van der Waals surface area contributed by atoms with Crippen molar-refractivity contribution >= 4 is 5.95 Å². The highest BCUT2D eigenvalue weighted by Crippen LogP contribution is 2.30. The molecule has 1 aromatic rings. The lowest BCUT2D eigenvalue weighted by molar-refractivity contribution is -0.394. The number of aryl methyl sites for hydroxylation is 1. The number of hydrogen-bond acceptors (Lipinski definition) is 4. The van der Waals surface area contributed by atoms with Gasteiger partial charge in [0.25, 0.3) is 0 Å². The van der Waals surface area contributed by atoms with Gasteiger partial charge in [-0.15, -0.1) is 0 Å². The van der Waals surface area contributed by atoms with E-state index in [9.17, 15) is 10.1 Å². The quantitative estimate of drug-likeness (QED) is 0.596. The van der Waals surface area contributed by atoms with Crippen molar-refractivity contribution in [3.63, 3.8) is 0 Å². The van der Waals surface area contributed by atoms with Crippen LogP contribution in [-0.4, -0.2) is 19.7 Å². The number of hydrogen-bond donors (Lipinski definition) is 0. The SMILES string of the molecule is C[C@H]1CCC[C@@H](CCn2cnc([N+](=O)[O-])n2)C1. The molecule has 1 heterocycles. The van der Waals surface area contributed by atoms with Gasteiger partial charge in [-0.1, -0.05) is 31.2 Å². The van der Waals surface area contributed by atoms with Crippen molar-refractivity contribution in [2.75, 3.05) is 0 Å². The first-order chi connectivity index (χ1) is 8.15. The fourth-order valence-electron chi connectivity index (χ4n) is 2.61. The third-order valence-corrected chi connectivity index (χ3v) is 3.50. The van der Waals surface area contributed by atoms with Crippen LogP contribution in [0, 0.1) is 22.0 Å². The van der Waals surface area contributed by atoms with E-state index in [2.05, 4.69) is 17.0 Å². The highest BCUT2D eigenvalue weighted by molar-refractivity contribution is 4.96. The van der Waals surface area contributed by atoms with E-state index in [1.54, 1.807) is 4.68 Å². The summed E-state index contributed by atoms with van der Waals surface area (Å²) in [4.78, 5) is 13.5. The number of rotatable bonds is 4. The Morgan fingerprint density at radius 3 is 3.06 bits per heavy atom. The van der Waals surface area contributed by atoms with E-state index in [1.807, 2.05) is 0 Å². The van der Waals surface area contributed by atoms with Gasteiger partial charge in [0.05, 0.1) is 6.54 Å². The second kappa shape index (κ2) is 5.25. The molecule has 0 aromatic carbocycles. The maximum atomic E-state index is 10.4. The number of aromatic nitrogens is 3. The number of nitro groups is 1. The van der Waals surface area contributed by atoms with E-state index >= 15 is 0 Å². The molecule has 0 radical (unpaired) electrons. The fraction of sp³-hybridized carbons (Fsp3) is 0.818. The molecule has 0 aliphatic heterocycles. The Labute approximate surface area is 100 Å². The third kappa shape index (κ3) is 3.25. The van der Waals surface area contributed by atoms with Gasteiger partial charge in [0.2, 0.25) is 6.33 Å². The van der Waals surface area contributed by atoms with Crippen LogP contribution in [0.3, 0.4) is 0 Å². The average molecular weight is 238 g/mol. The molecule has 0 unspecified atom stereocenters. The lowest BCUT2D eigenvalue weighted by Crippen LogP contribution is -2.15. The van der Waals surface area contributed by atoms with Crippen molar-refractivity contribution in [1.82, 2.24) is 14.8 Å². The Balaban J connectivity index is 1.82. The van der Waals surface area contributed by atoms with Gasteiger partial charge in [0.1, 0.15) is 0 Å². The Morgan fingerprint density at radius 2 is 2.41 bits per heavy atom. The lowest BCUT2D eigenvalue weighted by Gasteiger charge is -2.26. The molecule has 6 heteroatoms. The van der Waals surface area contributed by atoms with Crippen LogP contribution in [0.5, 0.6) is 0 Å². The zero-order valence-electron chi connectivity index (χ0n) is 10.1. The predicted molar refractivity (Wildman–Crippen MR) is 62.4 cm³/mol. The summed E-state index contributed by atoms with van der Waals surface area (Å²) in [5, 5.41) is 14.3. The smallest absolute Gasteiger partial charge is 0.390 e. The van der Waals surface area contributed by atoms with E-state index in [1.165, 1.54) is 32.0 Å². The highest BCUT2D eigenvalue weighted by atomic mass is 16.6. The molecule has 1 aliphatic rings. The predicted octanol–water partition coefficient (Wildman–Crippen LogP) is 2.40. The molecule has 2 atom stereocenters. The van der Waals surface area contributed by atoms with Gasteiger partial charge in [-0.25, -0.2) is 0 Å². The van der Waals surface area contributed by atoms with Crippen LogP contribution >= 0.6 is 0 Å². The van der Waals surface area contributed by atoms with Crippen LogP contribution in [-0.2, 0) is 6.54 Å². The molecular weight excluding hydrogens is 220 g/mol. The third-order valence-electron chi connectivity index (χ3n) is 3.50. The monoisotopic (exact) mass is 238 g/mol. The molecule has 1 aromatic heterocycles. The molecule has 0 saturated heterocycles. The van der Waals surface area contributed by atoms with Gasteiger partial charge in [-0.2, -0.15) is 4.68 Å². The zero-order chi connectivity index (χ0) is 12.3. The van der Waals surface area contributed by atoms with E-state index in [0.29, 0.717) is 0 Å². The van der Waals surface area contributed by atoms with E-state index in [0.717, 1.165) is 24.8 Å². The summed E-state index contributed by atoms with van der Waals surface area (Å²) < 4.78 is 1.58. The first-order valence-corrected chi connectivity index (χ1v) is 6.19. The van der Waals surface area contributed by atoms with Crippen molar-refractivity contribution in [2.45, 2.75) is 45.6 Å². The summed E-state index contributed by atoms with van der Waals surface area (Å²) in [5.74, 6) is 1.25. The second-order valence-corrected chi connectivity index (χ2v) is 4.99. The fourth-order valence-corrected chi connectivity index (χ4v) is 2.61. The van der Waals surface area contributed by atoms with Crippen molar-refractivity contribution in [2.24, 2.45) is 11.8 Å². The van der Waals surface area contributed by atoms with Gasteiger partial charge >= 0.3 is 5.95 Å². The minimum Gasteiger partial charge on any atom is -0.390 e. The molecule has 94 valence electrons. The first-order valence-electron chi connectivity index (χ1n) is 6.19. The van der Waals surface area contributed by atoms with Gasteiger partial charge in [0.15, 0.2) is 0 Å². The summed E-state index contributed by atoms with van der Waals surface area (Å²) in [6.07, 6.45) is 7.70. The van der Waals surface area contributed by atoms with Crippen LogP contribution in [0.1, 0.15) is 39.0 Å². The second-order valence-electron chi connectivity index (χ2n) is 4.99. The largest absolute Gasteiger partial charge is 0.490 e. The zero-order valence-corrected chi connectivity index (χ0v) is 10.1. The number of nitrogens with zero attached hydrogens (tertiary/aromatic N) is 4. The maximum Gasteiger partial charge on any atom is 0.490 e. The molecule has 6 nitrogen and oxygen atoms in total. The van der Waals surface area contributed by atoms with Crippen molar-refractivity contribution in [3.05, 3.63) is 16.4 Å². The van der Waals surface area contributed by atoms with Crippen LogP contribution in [0.15, 0.2) is 6.33 Å². The summed E-state index contributed by atoms with van der Waals surface area (Å²) >= 11 is 0. The Hall–Kier alpha value is -1.46. The molecule has 1 saturated carbocycles. The molecule has 2 rings (SSSR count). The molecule has 0 spiro atoms. The first kappa shape index (κ1) is 12.0. The molecule has 17 heavy (non-hydrogen) atoms. The van der Waals surface area contributed by atoms with Crippen molar-refractivity contribution in [3.8, 4) is 0 Å². The van der Waals surface area contributed by atoms with Gasteiger partial charge in [-0.05, 0) is 29.6 Å². The van der Waals surface area contributed by atoms with Crippen LogP contribution in [0.25, 0.3) is 0 Å². The topological polar surface area (TPSA) is 73.8 Å². The van der Waals surface area contributed by atoms with Gasteiger partial charge < -0.3 is 10.1 Å². The Bertz CT molecular complexity index is 391. The average Bonchev–Trinajstić information content (AvgIpc) is 2.75. The summed E-state index contributed by atoms with van der Waals surface area (Å²) in [7, 11) is 0. The summed E-state index contributed by atoms with van der Waals surface area (Å²) in [6.45, 7) is 3.03. The van der Waals surface area contributed by atoms with Crippen LogP contribution in [0.4, 0.5) is 5.95 Å². The lowest BCUT2D eigenvalue weighted by atomic mass is 9.81. The van der Waals surface area contributed by atoms with Gasteiger partial charge in [-0.3, -0.25) is 0 Å². The van der Waals surface area contributed by atoms with Crippen molar-refractivity contribution in [1.29, 1.82) is 0 Å². The molecule has 1 fully saturated rings. The molecule has 1 aliphatic carbocycles. The normalized spacial score (nSPS) is 24.8. The Morgan fingerprint density at radius 1 is 1.59 bits per heavy atom. The van der Waals surface area contributed by atoms with Crippen LogP contribution in [0.2, 0.25) is 0 Å². The molecular formula is C11H18N4O2. The van der Waals surface area contributed by atoms with E-state index in [4.69, 9.17) is 0 Å². The van der Waals surface area contributed by atoms with E-state index in [-0.39, 0.29) is 5.95 Å². The van der Waals surface area contributed by atoms with Crippen molar-refractivity contribution < 1.29 is 4.92 Å². The van der Waals surface area contributed by atoms with E-state index < -0.39 is 4.92 Å². The minimum atomic E-state index is -0.556.